The minimum absolute atomic E-state index is 0.0921. The summed E-state index contributed by atoms with van der Waals surface area (Å²) in [5, 5.41) is 0. The van der Waals surface area contributed by atoms with Gasteiger partial charge in [-0.1, -0.05) is 24.3 Å². The summed E-state index contributed by atoms with van der Waals surface area (Å²) in [5.41, 5.74) is 5.35. The van der Waals surface area contributed by atoms with Gasteiger partial charge in [0.25, 0.3) is 0 Å². The quantitative estimate of drug-likeness (QED) is 0.609. The molecule has 1 aromatic rings. The van der Waals surface area contributed by atoms with Crippen molar-refractivity contribution >= 4 is 23.7 Å². The summed E-state index contributed by atoms with van der Waals surface area (Å²) in [6.07, 6.45) is 3.38. The first-order valence-electron chi connectivity index (χ1n) is 8.23. The zero-order valence-electron chi connectivity index (χ0n) is 13.9. The van der Waals surface area contributed by atoms with E-state index in [1.165, 1.54) is 4.90 Å². The SMILES string of the molecule is C=CCN(CCSc1ccccc1)C(=O)C1CCCN(C(N)=O)C1. The van der Waals surface area contributed by atoms with Gasteiger partial charge in [-0.25, -0.2) is 4.79 Å². The van der Waals surface area contributed by atoms with Crippen LogP contribution in [-0.4, -0.2) is 53.7 Å². The number of carbonyl (C=O) groups is 2. The average molecular weight is 347 g/mol. The molecule has 1 fully saturated rings. The van der Waals surface area contributed by atoms with Crippen LogP contribution in [0.5, 0.6) is 0 Å². The molecule has 2 rings (SSSR count). The zero-order chi connectivity index (χ0) is 17.4. The van der Waals surface area contributed by atoms with Crippen LogP contribution in [0.25, 0.3) is 0 Å². The fourth-order valence-corrected chi connectivity index (χ4v) is 3.77. The zero-order valence-corrected chi connectivity index (χ0v) is 14.7. The molecule has 0 bridgehead atoms. The number of hydrogen-bond acceptors (Lipinski definition) is 3. The van der Waals surface area contributed by atoms with E-state index in [4.69, 9.17) is 5.73 Å². The third-order valence-corrected chi connectivity index (χ3v) is 5.11. The van der Waals surface area contributed by atoms with Crippen molar-refractivity contribution in [2.45, 2.75) is 17.7 Å². The number of likely N-dealkylation sites (tertiary alicyclic amines) is 1. The molecule has 1 aromatic carbocycles. The molecule has 1 unspecified atom stereocenters. The molecular weight excluding hydrogens is 322 g/mol. The Bertz CT molecular complexity index is 565. The molecule has 1 aliphatic heterocycles. The van der Waals surface area contributed by atoms with Crippen LogP contribution in [0.3, 0.4) is 0 Å². The molecule has 24 heavy (non-hydrogen) atoms. The lowest BCUT2D eigenvalue weighted by molar-refractivity contribution is -0.136. The van der Waals surface area contributed by atoms with Gasteiger partial charge >= 0.3 is 6.03 Å². The smallest absolute Gasteiger partial charge is 0.314 e. The summed E-state index contributed by atoms with van der Waals surface area (Å²) in [6.45, 7) is 6.01. The molecule has 1 aliphatic rings. The topological polar surface area (TPSA) is 66.6 Å². The summed E-state index contributed by atoms with van der Waals surface area (Å²) in [4.78, 5) is 28.7. The van der Waals surface area contributed by atoms with Crippen molar-refractivity contribution in [3.05, 3.63) is 43.0 Å². The maximum absolute atomic E-state index is 12.8. The summed E-state index contributed by atoms with van der Waals surface area (Å²) in [6, 6.07) is 9.70. The number of hydrogen-bond donors (Lipinski definition) is 1. The monoisotopic (exact) mass is 347 g/mol. The Hall–Kier alpha value is -1.95. The molecule has 0 spiro atoms. The van der Waals surface area contributed by atoms with E-state index in [-0.39, 0.29) is 11.8 Å². The number of nitrogens with zero attached hydrogens (tertiary/aromatic N) is 2. The first kappa shape index (κ1) is 18.4. The third kappa shape index (κ3) is 5.30. The standard InChI is InChI=1S/C18H25N3O2S/c1-2-10-20(12-13-24-16-8-4-3-5-9-16)17(22)15-7-6-11-21(14-15)18(19)23/h2-5,8-9,15H,1,6-7,10-14H2,(H2,19,23). The van der Waals surface area contributed by atoms with Crippen LogP contribution in [0.15, 0.2) is 47.9 Å². The molecule has 1 atom stereocenters. The number of carbonyl (C=O) groups excluding carboxylic acids is 2. The van der Waals surface area contributed by atoms with E-state index in [0.717, 1.165) is 18.6 Å². The van der Waals surface area contributed by atoms with Crippen LogP contribution in [0.2, 0.25) is 0 Å². The molecule has 3 amide bonds. The normalized spacial score (nSPS) is 17.3. The van der Waals surface area contributed by atoms with E-state index in [0.29, 0.717) is 26.2 Å². The first-order chi connectivity index (χ1) is 11.6. The molecule has 0 aromatic heterocycles. The molecular formula is C18H25N3O2S. The Labute approximate surface area is 147 Å². The molecule has 0 saturated carbocycles. The van der Waals surface area contributed by atoms with Gasteiger partial charge in [0, 0.05) is 36.8 Å². The number of benzene rings is 1. The first-order valence-corrected chi connectivity index (χ1v) is 9.22. The Kier molecular flexibility index (Phi) is 7.18. The van der Waals surface area contributed by atoms with Crippen LogP contribution < -0.4 is 5.73 Å². The molecule has 1 saturated heterocycles. The predicted octanol–water partition coefficient (Wildman–Crippen LogP) is 2.58. The van der Waals surface area contributed by atoms with Crippen LogP contribution in [-0.2, 0) is 4.79 Å². The highest BCUT2D eigenvalue weighted by atomic mass is 32.2. The van der Waals surface area contributed by atoms with Gasteiger partial charge in [0.15, 0.2) is 0 Å². The lowest BCUT2D eigenvalue weighted by Crippen LogP contribution is -2.48. The van der Waals surface area contributed by atoms with E-state index in [2.05, 4.69) is 18.7 Å². The van der Waals surface area contributed by atoms with Crippen LogP contribution in [0.4, 0.5) is 4.79 Å². The number of primary amides is 1. The minimum Gasteiger partial charge on any atom is -0.351 e. The van der Waals surface area contributed by atoms with Crippen LogP contribution >= 0.6 is 11.8 Å². The Morgan fingerprint density at radius 2 is 2.12 bits per heavy atom. The summed E-state index contributed by atoms with van der Waals surface area (Å²) in [5.74, 6) is 0.762. The Morgan fingerprint density at radius 1 is 1.38 bits per heavy atom. The van der Waals surface area contributed by atoms with Crippen LogP contribution in [0.1, 0.15) is 12.8 Å². The van der Waals surface area contributed by atoms with E-state index >= 15 is 0 Å². The number of piperidine rings is 1. The van der Waals surface area contributed by atoms with Gasteiger partial charge in [-0.15, -0.1) is 18.3 Å². The largest absolute Gasteiger partial charge is 0.351 e. The number of amides is 3. The van der Waals surface area contributed by atoms with Crippen LogP contribution in [0, 0.1) is 5.92 Å². The van der Waals surface area contributed by atoms with Gasteiger partial charge in [0.2, 0.25) is 5.91 Å². The molecule has 6 heteroatoms. The van der Waals surface area contributed by atoms with Crippen molar-refractivity contribution in [3.63, 3.8) is 0 Å². The van der Waals surface area contributed by atoms with E-state index in [1.54, 1.807) is 22.7 Å². The van der Waals surface area contributed by atoms with Gasteiger partial charge < -0.3 is 15.5 Å². The number of nitrogens with two attached hydrogens (primary N) is 1. The van der Waals surface area contributed by atoms with Gasteiger partial charge in [0.05, 0.1) is 5.92 Å². The molecule has 0 radical (unpaired) electrons. The number of urea groups is 1. The highest BCUT2D eigenvalue weighted by Crippen LogP contribution is 2.21. The predicted molar refractivity (Wildman–Crippen MR) is 97.8 cm³/mol. The Morgan fingerprint density at radius 3 is 2.79 bits per heavy atom. The van der Waals surface area contributed by atoms with Gasteiger partial charge in [-0.05, 0) is 25.0 Å². The average Bonchev–Trinajstić information content (AvgIpc) is 2.61. The second-order valence-corrected chi connectivity index (χ2v) is 7.03. The van der Waals surface area contributed by atoms with Gasteiger partial charge in [-0.3, -0.25) is 4.79 Å². The van der Waals surface area contributed by atoms with Crippen molar-refractivity contribution in [1.29, 1.82) is 0 Å². The van der Waals surface area contributed by atoms with E-state index in [1.807, 2.05) is 23.1 Å². The maximum atomic E-state index is 12.8. The van der Waals surface area contributed by atoms with Crippen molar-refractivity contribution in [3.8, 4) is 0 Å². The highest BCUT2D eigenvalue weighted by molar-refractivity contribution is 7.99. The lowest BCUT2D eigenvalue weighted by atomic mass is 9.96. The second kappa shape index (κ2) is 9.37. The molecule has 130 valence electrons. The van der Waals surface area contributed by atoms with E-state index in [9.17, 15) is 9.59 Å². The summed E-state index contributed by atoms with van der Waals surface area (Å²) in [7, 11) is 0. The molecule has 2 N–H and O–H groups in total. The van der Waals surface area contributed by atoms with E-state index < -0.39 is 6.03 Å². The van der Waals surface area contributed by atoms with Crippen molar-refractivity contribution < 1.29 is 9.59 Å². The Balaban J connectivity index is 1.89. The molecule has 0 aliphatic carbocycles. The van der Waals surface area contributed by atoms with Crippen molar-refractivity contribution in [2.24, 2.45) is 11.7 Å². The maximum Gasteiger partial charge on any atom is 0.314 e. The third-order valence-electron chi connectivity index (χ3n) is 4.12. The molecule has 1 heterocycles. The van der Waals surface area contributed by atoms with Gasteiger partial charge in [-0.2, -0.15) is 0 Å². The summed E-state index contributed by atoms with van der Waals surface area (Å²) >= 11 is 1.73. The second-order valence-electron chi connectivity index (χ2n) is 5.86. The highest BCUT2D eigenvalue weighted by Gasteiger charge is 2.30. The molecule has 5 nitrogen and oxygen atoms in total. The number of thioether (sulfide) groups is 1. The number of rotatable bonds is 7. The minimum atomic E-state index is -0.442. The summed E-state index contributed by atoms with van der Waals surface area (Å²) < 4.78 is 0. The van der Waals surface area contributed by atoms with Crippen molar-refractivity contribution in [1.82, 2.24) is 9.80 Å². The fourth-order valence-electron chi connectivity index (χ4n) is 2.87. The van der Waals surface area contributed by atoms with Crippen molar-refractivity contribution in [2.75, 3.05) is 31.9 Å². The lowest BCUT2D eigenvalue weighted by Gasteiger charge is -2.33. The fraction of sp³-hybridized carbons (Fsp3) is 0.444. The van der Waals surface area contributed by atoms with Gasteiger partial charge in [0.1, 0.15) is 0 Å².